The fourth-order valence-corrected chi connectivity index (χ4v) is 9.18. The lowest BCUT2D eigenvalue weighted by atomic mass is 9.79. The van der Waals surface area contributed by atoms with Crippen LogP contribution in [0.3, 0.4) is 0 Å². The Morgan fingerprint density at radius 3 is 2.32 bits per heavy atom. The van der Waals surface area contributed by atoms with Gasteiger partial charge in [0, 0.05) is 52.7 Å². The van der Waals surface area contributed by atoms with Crippen LogP contribution in [-0.2, 0) is 20.4 Å². The van der Waals surface area contributed by atoms with Gasteiger partial charge in [-0.2, -0.15) is 4.58 Å². The zero-order valence-corrected chi connectivity index (χ0v) is 32.7. The minimum atomic E-state index is -0.756. The van der Waals surface area contributed by atoms with Crippen molar-refractivity contribution < 1.29 is 19.2 Å². The van der Waals surface area contributed by atoms with Crippen LogP contribution in [0.15, 0.2) is 125 Å². The number of amides is 1. The molecule has 1 fully saturated rings. The lowest BCUT2D eigenvalue weighted by molar-refractivity contribution is -0.401. The Hall–Kier alpha value is -5.84. The normalized spacial score (nSPS) is 21.9. The number of aliphatic hydroxyl groups is 1. The molecule has 0 saturated carbocycles. The van der Waals surface area contributed by atoms with E-state index in [1.807, 2.05) is 24.3 Å². The molecule has 1 saturated heterocycles. The topological polar surface area (TPSA) is 120 Å². The summed E-state index contributed by atoms with van der Waals surface area (Å²) in [4.78, 5) is 42.9. The van der Waals surface area contributed by atoms with Gasteiger partial charge in [-0.05, 0) is 66.1 Å². The molecule has 4 aromatic carbocycles. The first-order chi connectivity index (χ1) is 26.8. The highest BCUT2D eigenvalue weighted by molar-refractivity contribution is 6.07. The molecule has 1 amide bonds. The fourth-order valence-electron chi connectivity index (χ4n) is 9.18. The van der Waals surface area contributed by atoms with Crippen LogP contribution in [0.1, 0.15) is 57.0 Å². The van der Waals surface area contributed by atoms with Gasteiger partial charge >= 0.3 is 5.69 Å². The Morgan fingerprint density at radius 1 is 0.929 bits per heavy atom. The molecule has 3 N–H and O–H groups in total. The van der Waals surface area contributed by atoms with Crippen molar-refractivity contribution in [3.8, 4) is 0 Å². The molecule has 8 rings (SSSR count). The van der Waals surface area contributed by atoms with Crippen molar-refractivity contribution in [2.45, 2.75) is 70.2 Å². The smallest absolute Gasteiger partial charge is 0.330 e. The van der Waals surface area contributed by atoms with E-state index in [-0.39, 0.29) is 30.9 Å². The maximum atomic E-state index is 14.0. The van der Waals surface area contributed by atoms with Crippen molar-refractivity contribution in [1.82, 2.24) is 14.9 Å². The van der Waals surface area contributed by atoms with Crippen molar-refractivity contribution in [3.63, 3.8) is 0 Å². The first-order valence-electron chi connectivity index (χ1n) is 19.2. The van der Waals surface area contributed by atoms with E-state index in [9.17, 15) is 19.5 Å². The number of allylic oxidation sites excluding steroid dienone is 6. The second-order valence-electron chi connectivity index (χ2n) is 16.1. The number of benzene rings is 4. The van der Waals surface area contributed by atoms with Crippen molar-refractivity contribution >= 4 is 44.5 Å². The number of hydrogen-bond acceptors (Lipinski definition) is 6. The molecule has 3 unspecified atom stereocenters. The third-order valence-corrected chi connectivity index (χ3v) is 11.9. The number of fused-ring (bicyclic) bond motifs is 6. The molecule has 0 bridgehead atoms. The van der Waals surface area contributed by atoms with Crippen LogP contribution >= 0.6 is 0 Å². The Balaban J connectivity index is 1.07. The maximum Gasteiger partial charge on any atom is 0.330 e. The number of carbonyl (C=O) groups is 1. The molecule has 3 aliphatic heterocycles. The van der Waals surface area contributed by atoms with E-state index in [0.29, 0.717) is 5.56 Å². The number of aliphatic hydroxyl groups excluding tert-OH is 1. The number of anilines is 1. The van der Waals surface area contributed by atoms with E-state index in [0.717, 1.165) is 27.7 Å². The minimum Gasteiger partial charge on any atom is -0.394 e. The summed E-state index contributed by atoms with van der Waals surface area (Å²) in [5, 5.41) is 18.1. The summed E-state index contributed by atoms with van der Waals surface area (Å²) >= 11 is 0. The Labute approximate surface area is 325 Å². The van der Waals surface area contributed by atoms with Gasteiger partial charge < -0.3 is 20.1 Å². The Bertz CT molecular complexity index is 2660. The molecule has 0 radical (unpaired) electrons. The van der Waals surface area contributed by atoms with Gasteiger partial charge in [0.2, 0.25) is 11.6 Å². The zero-order chi connectivity index (χ0) is 39.5. The summed E-state index contributed by atoms with van der Waals surface area (Å²) in [7, 11) is 2.13. The molecule has 3 atom stereocenters. The second kappa shape index (κ2) is 14.0. The number of aromatic nitrogens is 2. The molecule has 5 aromatic rings. The monoisotopic (exact) mass is 750 g/mol. The summed E-state index contributed by atoms with van der Waals surface area (Å²) in [5.74, 6) is -0.246. The number of nitrogens with one attached hydrogen (secondary N) is 2. The molecule has 286 valence electrons. The van der Waals surface area contributed by atoms with E-state index in [1.165, 1.54) is 38.5 Å². The molecular weight excluding hydrogens is 703 g/mol. The minimum absolute atomic E-state index is 0.0322. The lowest BCUT2D eigenvalue weighted by Crippen LogP contribution is -2.46. The van der Waals surface area contributed by atoms with Crippen molar-refractivity contribution in [1.29, 1.82) is 0 Å². The van der Waals surface area contributed by atoms with Gasteiger partial charge in [-0.15, -0.1) is 0 Å². The standard InChI is InChI=1S/C46H47N5O5/c1-28-25-51(44(55)48-43(28)54)40-24-33(36(27-52)56-40)47-39(53)26-50-35-23-21-30-15-11-13-17-32(30)42(35)46(4,5)38(50)19-9-7-8-18-37-45(2,3)41-31-16-12-10-14-29(31)20-22-34(41)49(37)6/h7-23,25,33,36,40,52H,24,26-27H2,1-6H3,(H-,47,48,53,54,55)/p+1. The summed E-state index contributed by atoms with van der Waals surface area (Å²) in [6, 6.07) is 24.9. The molecule has 10 nitrogen and oxygen atoms in total. The SMILES string of the molecule is Cc1cn(C2CC(NC(=O)CN3/C(=C/C=C/C=C/C4=[N+](C)c5ccc6ccccc6c5C4(C)C)C(C)(C)c4c3ccc3ccccc43)C(CO)O2)c(=O)[nH]c1=O. The third kappa shape index (κ3) is 6.13. The van der Waals surface area contributed by atoms with Gasteiger partial charge in [-0.25, -0.2) is 4.79 Å². The summed E-state index contributed by atoms with van der Waals surface area (Å²) in [6.45, 7) is 10.2. The highest BCUT2D eigenvalue weighted by atomic mass is 16.5. The van der Waals surface area contributed by atoms with E-state index in [2.05, 4.69) is 133 Å². The lowest BCUT2D eigenvalue weighted by Gasteiger charge is -2.27. The molecule has 0 aliphatic carbocycles. The molecular formula is C46H48N5O5+. The quantitative estimate of drug-likeness (QED) is 0.125. The highest BCUT2D eigenvalue weighted by Crippen LogP contribution is 2.51. The average molecular weight is 751 g/mol. The van der Waals surface area contributed by atoms with Crippen molar-refractivity contribution in [2.24, 2.45) is 0 Å². The van der Waals surface area contributed by atoms with E-state index in [4.69, 9.17) is 4.74 Å². The summed E-state index contributed by atoms with van der Waals surface area (Å²) in [6.07, 6.45) is 10.7. The third-order valence-electron chi connectivity index (χ3n) is 11.9. The molecule has 4 heterocycles. The predicted octanol–water partition coefficient (Wildman–Crippen LogP) is 6.42. The Morgan fingerprint density at radius 2 is 1.61 bits per heavy atom. The molecule has 0 spiro atoms. The van der Waals surface area contributed by atoms with E-state index >= 15 is 0 Å². The number of aromatic amines is 1. The van der Waals surface area contributed by atoms with Crippen LogP contribution in [0, 0.1) is 6.92 Å². The van der Waals surface area contributed by atoms with E-state index in [1.54, 1.807) is 6.92 Å². The number of H-pyrrole nitrogens is 1. The van der Waals surface area contributed by atoms with Gasteiger partial charge in [0.05, 0.1) is 18.1 Å². The van der Waals surface area contributed by atoms with Gasteiger partial charge in [0.1, 0.15) is 25.9 Å². The zero-order valence-electron chi connectivity index (χ0n) is 32.7. The van der Waals surface area contributed by atoms with Crippen LogP contribution < -0.4 is 21.5 Å². The number of ether oxygens (including phenoxy) is 1. The van der Waals surface area contributed by atoms with Gasteiger partial charge in [-0.1, -0.05) is 86.7 Å². The summed E-state index contributed by atoms with van der Waals surface area (Å²) in [5.41, 5.74) is 5.51. The maximum absolute atomic E-state index is 14.0. The molecule has 10 heteroatoms. The van der Waals surface area contributed by atoms with Gasteiger partial charge in [0.15, 0.2) is 5.71 Å². The van der Waals surface area contributed by atoms with Gasteiger partial charge in [-0.3, -0.25) is 19.1 Å². The number of rotatable bonds is 8. The molecule has 3 aliphatic rings. The molecule has 1 aromatic heterocycles. The predicted molar refractivity (Wildman–Crippen MR) is 222 cm³/mol. The van der Waals surface area contributed by atoms with Crippen LogP contribution in [0.4, 0.5) is 11.4 Å². The number of aryl methyl sites for hydroxylation is 1. The Kier molecular flexibility index (Phi) is 9.29. The average Bonchev–Trinajstić information content (AvgIpc) is 3.74. The number of hydrogen-bond donors (Lipinski definition) is 3. The molecule has 56 heavy (non-hydrogen) atoms. The summed E-state index contributed by atoms with van der Waals surface area (Å²) < 4.78 is 9.61. The van der Waals surface area contributed by atoms with Crippen LogP contribution in [0.2, 0.25) is 0 Å². The van der Waals surface area contributed by atoms with E-state index < -0.39 is 35.0 Å². The van der Waals surface area contributed by atoms with Crippen LogP contribution in [-0.4, -0.2) is 63.2 Å². The highest BCUT2D eigenvalue weighted by Gasteiger charge is 2.45. The number of nitrogens with zero attached hydrogens (tertiary/aromatic N) is 3. The van der Waals surface area contributed by atoms with Crippen LogP contribution in [0.5, 0.6) is 0 Å². The fraction of sp³-hybridized carbons (Fsp3) is 0.304. The second-order valence-corrected chi connectivity index (χ2v) is 16.1. The van der Waals surface area contributed by atoms with Crippen LogP contribution in [0.25, 0.3) is 21.5 Å². The largest absolute Gasteiger partial charge is 0.394 e. The number of carbonyl (C=O) groups excluding carboxylic acids is 1. The van der Waals surface area contributed by atoms with Crippen molar-refractivity contribution in [3.05, 3.63) is 153 Å². The van der Waals surface area contributed by atoms with Crippen molar-refractivity contribution in [2.75, 3.05) is 25.1 Å². The van der Waals surface area contributed by atoms with Gasteiger partial charge in [0.25, 0.3) is 5.56 Å². The first-order valence-corrected chi connectivity index (χ1v) is 19.2. The first kappa shape index (κ1) is 37.1.